The van der Waals surface area contributed by atoms with E-state index in [1.807, 2.05) is 25.7 Å². The molecule has 0 radical (unpaired) electrons. The van der Waals surface area contributed by atoms with Crippen LogP contribution in [0.1, 0.15) is 52.0 Å². The van der Waals surface area contributed by atoms with Crippen molar-refractivity contribution in [2.24, 2.45) is 0 Å². The van der Waals surface area contributed by atoms with Gasteiger partial charge in [0.1, 0.15) is 11.6 Å². The van der Waals surface area contributed by atoms with Gasteiger partial charge in [-0.05, 0) is 51.8 Å². The molecule has 6 heteroatoms. The molecule has 26 heavy (non-hydrogen) atoms. The zero-order valence-electron chi connectivity index (χ0n) is 15.0. The summed E-state index contributed by atoms with van der Waals surface area (Å²) in [6.45, 7) is 6.28. The van der Waals surface area contributed by atoms with Gasteiger partial charge in [-0.1, -0.05) is 5.16 Å². The van der Waals surface area contributed by atoms with Crippen LogP contribution < -0.4 is 0 Å². The Kier molecular flexibility index (Phi) is 3.98. The van der Waals surface area contributed by atoms with Gasteiger partial charge in [0.15, 0.2) is 0 Å². The minimum Gasteiger partial charge on any atom is -0.361 e. The molecule has 1 saturated heterocycles. The van der Waals surface area contributed by atoms with Crippen molar-refractivity contribution in [3.63, 3.8) is 0 Å². The highest BCUT2D eigenvalue weighted by Gasteiger charge is 2.34. The van der Waals surface area contributed by atoms with Gasteiger partial charge < -0.3 is 9.42 Å². The number of rotatable bonds is 2. The molecule has 0 bridgehead atoms. The number of fused-ring (bicyclic) bond motifs is 1. The van der Waals surface area contributed by atoms with E-state index >= 15 is 0 Å². The number of benzene rings is 1. The second-order valence-electron chi connectivity index (χ2n) is 6.87. The average molecular weight is 353 g/mol. The van der Waals surface area contributed by atoms with E-state index in [0.717, 1.165) is 29.9 Å². The minimum atomic E-state index is -0.358. The molecule has 2 aromatic heterocycles. The van der Waals surface area contributed by atoms with Gasteiger partial charge in [0.25, 0.3) is 5.91 Å². The maximum Gasteiger partial charge on any atom is 0.255 e. The van der Waals surface area contributed by atoms with Crippen LogP contribution in [0.15, 0.2) is 28.8 Å². The lowest BCUT2D eigenvalue weighted by Gasteiger charge is -2.25. The number of likely N-dealkylation sites (tertiary alicyclic amines) is 1. The van der Waals surface area contributed by atoms with Crippen molar-refractivity contribution in [1.29, 1.82) is 0 Å². The van der Waals surface area contributed by atoms with Crippen molar-refractivity contribution < 1.29 is 13.7 Å². The van der Waals surface area contributed by atoms with Crippen LogP contribution in [0.25, 0.3) is 10.9 Å². The first-order valence-corrected chi connectivity index (χ1v) is 8.76. The Bertz CT molecular complexity index is 987. The SMILES string of the molecule is Cc1cc(C(=O)N2CCC[C@H]2c2c(C)noc2C)c2ccc(F)cc2n1. The molecule has 3 aromatic rings. The number of carbonyl (C=O) groups excluding carboxylic acids is 1. The molecule has 1 amide bonds. The normalized spacial score (nSPS) is 17.2. The molecule has 134 valence electrons. The number of nitrogens with zero attached hydrogens (tertiary/aromatic N) is 3. The number of aryl methyl sites for hydroxylation is 3. The number of amides is 1. The van der Waals surface area contributed by atoms with Gasteiger partial charge in [0, 0.05) is 29.3 Å². The summed E-state index contributed by atoms with van der Waals surface area (Å²) in [6.07, 6.45) is 1.81. The summed E-state index contributed by atoms with van der Waals surface area (Å²) >= 11 is 0. The molecule has 5 nitrogen and oxygen atoms in total. The van der Waals surface area contributed by atoms with Crippen molar-refractivity contribution in [2.75, 3.05) is 6.54 Å². The lowest BCUT2D eigenvalue weighted by Crippen LogP contribution is -2.31. The second-order valence-corrected chi connectivity index (χ2v) is 6.87. The highest BCUT2D eigenvalue weighted by atomic mass is 19.1. The van der Waals surface area contributed by atoms with E-state index in [-0.39, 0.29) is 17.8 Å². The summed E-state index contributed by atoms with van der Waals surface area (Å²) in [4.78, 5) is 19.6. The number of hydrogen-bond acceptors (Lipinski definition) is 4. The number of hydrogen-bond donors (Lipinski definition) is 0. The van der Waals surface area contributed by atoms with E-state index in [4.69, 9.17) is 4.52 Å². The Labute approximate surface area is 150 Å². The lowest BCUT2D eigenvalue weighted by molar-refractivity contribution is 0.0736. The molecule has 1 aliphatic heterocycles. The van der Waals surface area contributed by atoms with Gasteiger partial charge in [-0.25, -0.2) is 4.39 Å². The molecule has 0 saturated carbocycles. The molecular formula is C20H20FN3O2. The second kappa shape index (κ2) is 6.20. The van der Waals surface area contributed by atoms with Gasteiger partial charge in [-0.2, -0.15) is 0 Å². The van der Waals surface area contributed by atoms with Crippen molar-refractivity contribution in [1.82, 2.24) is 15.0 Å². The number of aromatic nitrogens is 2. The third-order valence-corrected chi connectivity index (χ3v) is 5.07. The van der Waals surface area contributed by atoms with Gasteiger partial charge in [-0.3, -0.25) is 9.78 Å². The van der Waals surface area contributed by atoms with Crippen LogP contribution in [0.4, 0.5) is 4.39 Å². The highest BCUT2D eigenvalue weighted by molar-refractivity contribution is 6.06. The zero-order chi connectivity index (χ0) is 18.4. The van der Waals surface area contributed by atoms with Crippen molar-refractivity contribution in [3.8, 4) is 0 Å². The molecule has 1 aliphatic rings. The predicted molar refractivity (Wildman–Crippen MR) is 95.4 cm³/mol. The van der Waals surface area contributed by atoms with E-state index in [9.17, 15) is 9.18 Å². The Morgan fingerprint density at radius 3 is 2.81 bits per heavy atom. The summed E-state index contributed by atoms with van der Waals surface area (Å²) in [6, 6.07) is 6.11. The minimum absolute atomic E-state index is 0.0438. The topological polar surface area (TPSA) is 59.2 Å². The molecular weight excluding hydrogens is 333 g/mol. The third kappa shape index (κ3) is 2.66. The molecule has 4 rings (SSSR count). The fraction of sp³-hybridized carbons (Fsp3) is 0.350. The molecule has 3 heterocycles. The Morgan fingerprint density at radius 2 is 2.08 bits per heavy atom. The maximum absolute atomic E-state index is 13.6. The van der Waals surface area contributed by atoms with Crippen LogP contribution in [0.5, 0.6) is 0 Å². The first kappa shape index (κ1) is 16.7. The predicted octanol–water partition coefficient (Wildman–Crippen LogP) is 4.26. The molecule has 0 aliphatic carbocycles. The first-order chi connectivity index (χ1) is 12.5. The van der Waals surface area contributed by atoms with Crippen LogP contribution in [-0.4, -0.2) is 27.5 Å². The van der Waals surface area contributed by atoms with E-state index in [1.165, 1.54) is 12.1 Å². The summed E-state index contributed by atoms with van der Waals surface area (Å²) in [5.74, 6) is 0.336. The smallest absolute Gasteiger partial charge is 0.255 e. The fourth-order valence-corrected chi connectivity index (χ4v) is 3.94. The number of carbonyl (C=O) groups is 1. The largest absolute Gasteiger partial charge is 0.361 e. The summed E-state index contributed by atoms with van der Waals surface area (Å²) in [7, 11) is 0. The third-order valence-electron chi connectivity index (χ3n) is 5.07. The van der Waals surface area contributed by atoms with Crippen LogP contribution in [0, 0.1) is 26.6 Å². The fourth-order valence-electron chi connectivity index (χ4n) is 3.94. The molecule has 1 aromatic carbocycles. The summed E-state index contributed by atoms with van der Waals surface area (Å²) in [5.41, 5.74) is 3.58. The maximum atomic E-state index is 13.6. The summed E-state index contributed by atoms with van der Waals surface area (Å²) in [5, 5.41) is 4.71. The molecule has 0 spiro atoms. The standard InChI is InChI=1S/C20H20FN3O2/c1-11-9-16(15-7-6-14(21)10-17(15)22-11)20(25)24-8-4-5-18(24)19-12(2)23-26-13(19)3/h6-7,9-10,18H,4-5,8H2,1-3H3/t18-/m0/s1. The quantitative estimate of drug-likeness (QED) is 0.690. The molecule has 1 fully saturated rings. The Hall–Kier alpha value is -2.76. The van der Waals surface area contributed by atoms with Gasteiger partial charge in [0.2, 0.25) is 0 Å². The zero-order valence-corrected chi connectivity index (χ0v) is 15.0. The van der Waals surface area contributed by atoms with Crippen molar-refractivity contribution in [3.05, 3.63) is 58.4 Å². The monoisotopic (exact) mass is 353 g/mol. The van der Waals surface area contributed by atoms with Gasteiger partial charge >= 0.3 is 0 Å². The van der Waals surface area contributed by atoms with Gasteiger partial charge in [0.05, 0.1) is 22.8 Å². The number of pyridine rings is 1. The Balaban J connectivity index is 1.79. The van der Waals surface area contributed by atoms with Crippen molar-refractivity contribution in [2.45, 2.75) is 39.7 Å². The van der Waals surface area contributed by atoms with Gasteiger partial charge in [-0.15, -0.1) is 0 Å². The summed E-state index contributed by atoms with van der Waals surface area (Å²) < 4.78 is 18.9. The van der Waals surface area contributed by atoms with Crippen molar-refractivity contribution >= 4 is 16.8 Å². The van der Waals surface area contributed by atoms with E-state index in [1.54, 1.807) is 12.1 Å². The average Bonchev–Trinajstić information content (AvgIpc) is 3.19. The molecule has 0 N–H and O–H groups in total. The van der Waals surface area contributed by atoms with Crippen LogP contribution in [-0.2, 0) is 0 Å². The van der Waals surface area contributed by atoms with E-state index < -0.39 is 0 Å². The van der Waals surface area contributed by atoms with E-state index in [2.05, 4.69) is 10.1 Å². The Morgan fingerprint density at radius 1 is 1.27 bits per heavy atom. The van der Waals surface area contributed by atoms with Crippen LogP contribution in [0.2, 0.25) is 0 Å². The first-order valence-electron chi connectivity index (χ1n) is 8.76. The number of halogens is 1. The van der Waals surface area contributed by atoms with Crippen LogP contribution >= 0.6 is 0 Å². The highest BCUT2D eigenvalue weighted by Crippen LogP contribution is 2.37. The lowest BCUT2D eigenvalue weighted by atomic mass is 10.0. The molecule has 0 unspecified atom stereocenters. The molecule has 1 atom stereocenters. The van der Waals surface area contributed by atoms with E-state index in [0.29, 0.717) is 28.7 Å². The van der Waals surface area contributed by atoms with Crippen LogP contribution in [0.3, 0.4) is 0 Å².